The van der Waals surface area contributed by atoms with Crippen molar-refractivity contribution in [3.63, 3.8) is 0 Å². The van der Waals surface area contributed by atoms with Crippen LogP contribution in [0.4, 0.5) is 11.5 Å². The van der Waals surface area contributed by atoms with E-state index in [-0.39, 0.29) is 11.6 Å². The number of carbonyl (C=O) groups excluding carboxylic acids is 3. The Balaban J connectivity index is 1.44. The summed E-state index contributed by atoms with van der Waals surface area (Å²) < 4.78 is 10.5. The molecule has 3 aromatic carbocycles. The van der Waals surface area contributed by atoms with Crippen LogP contribution in [0.1, 0.15) is 35.5 Å². The first-order valence-electron chi connectivity index (χ1n) is 12.9. The first-order chi connectivity index (χ1) is 19.8. The molecule has 0 radical (unpaired) electrons. The molecule has 1 aromatic heterocycles. The normalized spacial score (nSPS) is 11.8. The molecule has 0 saturated heterocycles. The maximum Gasteiger partial charge on any atom is 0.272 e. The number of anilines is 2. The molecule has 0 bridgehead atoms. The van der Waals surface area contributed by atoms with Crippen LogP contribution >= 0.6 is 11.8 Å². The summed E-state index contributed by atoms with van der Waals surface area (Å²) in [5.41, 5.74) is 1.75. The summed E-state index contributed by atoms with van der Waals surface area (Å²) in [4.78, 5) is 39.5. The second kappa shape index (κ2) is 14.0. The molecule has 3 N–H and O–H groups in total. The Kier molecular flexibility index (Phi) is 9.95. The molecular formula is C31H30N4O5S. The predicted molar refractivity (Wildman–Crippen MR) is 160 cm³/mol. The molecule has 10 heteroatoms. The minimum atomic E-state index is -0.487. The first-order valence-corrected chi connectivity index (χ1v) is 13.8. The number of hydrogen-bond acceptors (Lipinski definition) is 7. The van der Waals surface area contributed by atoms with Gasteiger partial charge in [-0.05, 0) is 80.9 Å². The van der Waals surface area contributed by atoms with Gasteiger partial charge < -0.3 is 25.2 Å². The number of thioether (sulfide) groups is 1. The third-order valence-electron chi connectivity index (χ3n) is 5.70. The number of nitrogens with zero attached hydrogens (tertiary/aromatic N) is 1. The van der Waals surface area contributed by atoms with Crippen LogP contribution in [-0.2, 0) is 9.59 Å². The predicted octanol–water partition coefficient (Wildman–Crippen LogP) is 5.91. The Morgan fingerprint density at radius 2 is 1.68 bits per heavy atom. The van der Waals surface area contributed by atoms with Gasteiger partial charge in [0.05, 0.1) is 11.9 Å². The van der Waals surface area contributed by atoms with E-state index in [9.17, 15) is 14.4 Å². The standard InChI is InChI=1S/C31H30N4O5S/c1-4-39-25-14-10-22(11-15-25)19-27(33-30(37)23-8-6-5-7-9-23)31(38)32-24-12-16-26(17-13-24)41-21(3)29(36)34-28-18-20(2)40-35-28/h5-19,21H,4H2,1-3H3,(H,32,38)(H,33,37)(H,34,35,36)/b27-19-. The zero-order valence-corrected chi connectivity index (χ0v) is 23.7. The van der Waals surface area contributed by atoms with Crippen molar-refractivity contribution in [2.75, 3.05) is 17.2 Å². The molecule has 41 heavy (non-hydrogen) atoms. The Hall–Kier alpha value is -4.83. The van der Waals surface area contributed by atoms with Gasteiger partial charge in [-0.2, -0.15) is 0 Å². The number of rotatable bonds is 11. The summed E-state index contributed by atoms with van der Waals surface area (Å²) >= 11 is 1.36. The van der Waals surface area contributed by atoms with Crippen LogP contribution in [0.15, 0.2) is 100 Å². The van der Waals surface area contributed by atoms with Gasteiger partial charge in [0, 0.05) is 22.2 Å². The smallest absolute Gasteiger partial charge is 0.272 e. The second-order valence-electron chi connectivity index (χ2n) is 8.93. The van der Waals surface area contributed by atoms with Crippen molar-refractivity contribution in [3.8, 4) is 5.75 Å². The summed E-state index contributed by atoms with van der Waals surface area (Å²) in [7, 11) is 0. The van der Waals surface area contributed by atoms with Crippen LogP contribution < -0.4 is 20.7 Å². The van der Waals surface area contributed by atoms with Gasteiger partial charge in [0.25, 0.3) is 11.8 Å². The average molecular weight is 571 g/mol. The molecule has 0 aliphatic rings. The number of carbonyl (C=O) groups is 3. The highest BCUT2D eigenvalue weighted by Gasteiger charge is 2.18. The highest BCUT2D eigenvalue weighted by molar-refractivity contribution is 8.00. The van der Waals surface area contributed by atoms with Gasteiger partial charge in [-0.25, -0.2) is 0 Å². The lowest BCUT2D eigenvalue weighted by molar-refractivity contribution is -0.115. The number of ether oxygens (including phenoxy) is 1. The van der Waals surface area contributed by atoms with Crippen LogP contribution in [0.5, 0.6) is 5.75 Å². The van der Waals surface area contributed by atoms with Gasteiger partial charge in [0.2, 0.25) is 5.91 Å². The summed E-state index contributed by atoms with van der Waals surface area (Å²) in [5.74, 6) is 0.583. The fourth-order valence-electron chi connectivity index (χ4n) is 3.66. The molecule has 9 nitrogen and oxygen atoms in total. The SMILES string of the molecule is CCOc1ccc(/C=C(\NC(=O)c2ccccc2)C(=O)Nc2ccc(SC(C)C(=O)Nc3cc(C)on3)cc2)cc1. The zero-order valence-electron chi connectivity index (χ0n) is 22.8. The van der Waals surface area contributed by atoms with Crippen molar-refractivity contribution in [1.29, 1.82) is 0 Å². The van der Waals surface area contributed by atoms with Crippen molar-refractivity contribution < 1.29 is 23.6 Å². The Bertz CT molecular complexity index is 1520. The Labute approximate surface area is 242 Å². The number of aromatic nitrogens is 1. The molecule has 4 aromatic rings. The van der Waals surface area contributed by atoms with Crippen molar-refractivity contribution in [2.24, 2.45) is 0 Å². The van der Waals surface area contributed by atoms with Crippen LogP contribution in [-0.4, -0.2) is 34.7 Å². The molecule has 4 rings (SSSR count). The van der Waals surface area contributed by atoms with E-state index in [1.165, 1.54) is 11.8 Å². The van der Waals surface area contributed by atoms with E-state index in [0.717, 1.165) is 4.90 Å². The molecule has 1 atom stereocenters. The molecule has 0 saturated carbocycles. The van der Waals surface area contributed by atoms with E-state index < -0.39 is 17.1 Å². The van der Waals surface area contributed by atoms with Gasteiger partial charge in [0.1, 0.15) is 17.2 Å². The lowest BCUT2D eigenvalue weighted by atomic mass is 10.1. The van der Waals surface area contributed by atoms with E-state index in [1.54, 1.807) is 86.7 Å². The molecule has 1 heterocycles. The van der Waals surface area contributed by atoms with Gasteiger partial charge >= 0.3 is 0 Å². The van der Waals surface area contributed by atoms with Gasteiger partial charge in [-0.3, -0.25) is 14.4 Å². The lowest BCUT2D eigenvalue weighted by Gasteiger charge is -2.13. The second-order valence-corrected chi connectivity index (χ2v) is 10.3. The zero-order chi connectivity index (χ0) is 29.2. The number of benzene rings is 3. The fraction of sp³-hybridized carbons (Fsp3) is 0.161. The van der Waals surface area contributed by atoms with E-state index in [4.69, 9.17) is 9.26 Å². The number of amides is 3. The van der Waals surface area contributed by atoms with Crippen LogP contribution in [0.2, 0.25) is 0 Å². The maximum absolute atomic E-state index is 13.3. The minimum Gasteiger partial charge on any atom is -0.494 e. The molecule has 210 valence electrons. The molecular weight excluding hydrogens is 540 g/mol. The number of nitrogens with one attached hydrogen (secondary N) is 3. The molecule has 0 fully saturated rings. The van der Waals surface area contributed by atoms with Gasteiger partial charge in [-0.15, -0.1) is 11.8 Å². The molecule has 0 spiro atoms. The van der Waals surface area contributed by atoms with E-state index in [2.05, 4.69) is 21.1 Å². The molecule has 0 aliphatic carbocycles. The first kappa shape index (κ1) is 29.2. The highest BCUT2D eigenvalue weighted by Crippen LogP contribution is 2.26. The molecule has 1 unspecified atom stereocenters. The molecule has 3 amide bonds. The minimum absolute atomic E-state index is 0.0786. The third kappa shape index (κ3) is 8.58. The van der Waals surface area contributed by atoms with E-state index in [0.29, 0.717) is 40.7 Å². The van der Waals surface area contributed by atoms with Crippen molar-refractivity contribution in [2.45, 2.75) is 30.9 Å². The monoisotopic (exact) mass is 570 g/mol. The topological polar surface area (TPSA) is 123 Å². The van der Waals surface area contributed by atoms with Crippen molar-refractivity contribution in [1.82, 2.24) is 10.5 Å². The summed E-state index contributed by atoms with van der Waals surface area (Å²) in [6.07, 6.45) is 1.60. The third-order valence-corrected chi connectivity index (χ3v) is 6.82. The summed E-state index contributed by atoms with van der Waals surface area (Å²) in [5, 5.41) is 11.7. The average Bonchev–Trinajstić information content (AvgIpc) is 3.39. The van der Waals surface area contributed by atoms with Gasteiger partial charge in [0.15, 0.2) is 5.82 Å². The largest absolute Gasteiger partial charge is 0.494 e. The Morgan fingerprint density at radius 1 is 0.976 bits per heavy atom. The molecule has 0 aliphatic heterocycles. The van der Waals surface area contributed by atoms with Crippen LogP contribution in [0.3, 0.4) is 0 Å². The van der Waals surface area contributed by atoms with E-state index >= 15 is 0 Å². The number of hydrogen-bond donors (Lipinski definition) is 3. The quantitative estimate of drug-likeness (QED) is 0.151. The number of aryl methyl sites for hydroxylation is 1. The summed E-state index contributed by atoms with van der Waals surface area (Å²) in [6, 6.07) is 24.6. The van der Waals surface area contributed by atoms with Crippen LogP contribution in [0, 0.1) is 6.92 Å². The maximum atomic E-state index is 13.3. The van der Waals surface area contributed by atoms with E-state index in [1.807, 2.05) is 25.1 Å². The summed E-state index contributed by atoms with van der Waals surface area (Å²) in [6.45, 7) is 5.98. The Morgan fingerprint density at radius 3 is 2.32 bits per heavy atom. The fourth-order valence-corrected chi connectivity index (χ4v) is 4.53. The van der Waals surface area contributed by atoms with Crippen molar-refractivity contribution >= 4 is 47.1 Å². The van der Waals surface area contributed by atoms with Crippen molar-refractivity contribution in [3.05, 3.63) is 108 Å². The highest BCUT2D eigenvalue weighted by atomic mass is 32.2. The van der Waals surface area contributed by atoms with Crippen LogP contribution in [0.25, 0.3) is 6.08 Å². The lowest BCUT2D eigenvalue weighted by Crippen LogP contribution is -2.30. The van der Waals surface area contributed by atoms with Gasteiger partial charge in [-0.1, -0.05) is 35.5 Å².